The fourth-order valence-corrected chi connectivity index (χ4v) is 2.53. The van der Waals surface area contributed by atoms with E-state index in [0.717, 1.165) is 0 Å². The SMILES string of the molecule is CC(C)N[C@@H](C)c1[c-]cccc1.CC(C)N[C@@H](C)c1[c-]cccc1.[Cl][Pd+].[Cl][Pd+]. The van der Waals surface area contributed by atoms with Crippen LogP contribution in [-0.4, -0.2) is 12.1 Å². The van der Waals surface area contributed by atoms with Gasteiger partial charge in [0.05, 0.1) is 0 Å². The standard InChI is InChI=1S/2C11H16N.2ClH.2Pd/c2*1-9(2)12-10(3)11-7-5-4-6-8-11;;;;/h2*4-7,9-10,12H,1-3H3;2*1H;;/q2*-1;;;2*+2/p-2/t2*10-;;;;/m00..../s1. The Bertz CT molecular complexity index is 503. The van der Waals surface area contributed by atoms with Crippen LogP contribution in [0.2, 0.25) is 0 Å². The van der Waals surface area contributed by atoms with E-state index in [1.807, 2.05) is 36.4 Å². The first kappa shape index (κ1) is 30.5. The van der Waals surface area contributed by atoms with Crippen LogP contribution in [0.1, 0.15) is 64.8 Å². The maximum atomic E-state index is 4.49. The van der Waals surface area contributed by atoms with E-state index in [9.17, 15) is 0 Å². The molecule has 28 heavy (non-hydrogen) atoms. The van der Waals surface area contributed by atoms with Crippen LogP contribution in [-0.2, 0) is 36.4 Å². The minimum atomic E-state index is 0.395. The molecule has 2 atom stereocenters. The molecule has 0 spiro atoms. The summed E-state index contributed by atoms with van der Waals surface area (Å²) < 4.78 is 0. The van der Waals surface area contributed by atoms with Crippen molar-refractivity contribution in [3.8, 4) is 0 Å². The molecular formula is C22H32Cl2N2Pd2. The van der Waals surface area contributed by atoms with E-state index in [4.69, 9.17) is 0 Å². The van der Waals surface area contributed by atoms with Crippen molar-refractivity contribution in [3.05, 3.63) is 71.8 Å². The number of hydrogen-bond acceptors (Lipinski definition) is 2. The molecule has 0 radical (unpaired) electrons. The van der Waals surface area contributed by atoms with Crippen LogP contribution in [0.3, 0.4) is 0 Å². The van der Waals surface area contributed by atoms with E-state index >= 15 is 0 Å². The van der Waals surface area contributed by atoms with Gasteiger partial charge in [0.25, 0.3) is 0 Å². The minimum absolute atomic E-state index is 0.395. The first-order valence-electron chi connectivity index (χ1n) is 9.09. The molecule has 2 N–H and O–H groups in total. The summed E-state index contributed by atoms with van der Waals surface area (Å²) in [4.78, 5) is 0. The first-order chi connectivity index (χ1) is 13.4. The number of benzene rings is 2. The van der Waals surface area contributed by atoms with E-state index in [1.165, 1.54) is 11.1 Å². The van der Waals surface area contributed by atoms with Gasteiger partial charge in [0.2, 0.25) is 0 Å². The summed E-state index contributed by atoms with van der Waals surface area (Å²) in [6.07, 6.45) is 0. The summed E-state index contributed by atoms with van der Waals surface area (Å²) in [5.41, 5.74) is 2.46. The van der Waals surface area contributed by atoms with E-state index in [1.54, 1.807) is 0 Å². The van der Waals surface area contributed by atoms with Crippen LogP contribution in [0.15, 0.2) is 48.5 Å². The predicted molar refractivity (Wildman–Crippen MR) is 116 cm³/mol. The quantitative estimate of drug-likeness (QED) is 0.291. The van der Waals surface area contributed by atoms with Crippen molar-refractivity contribution in [2.75, 3.05) is 0 Å². The second-order valence-electron chi connectivity index (χ2n) is 6.72. The summed E-state index contributed by atoms with van der Waals surface area (Å²) in [6, 6.07) is 24.4. The van der Waals surface area contributed by atoms with Crippen LogP contribution >= 0.6 is 19.1 Å². The van der Waals surface area contributed by atoms with Crippen molar-refractivity contribution >= 4 is 19.1 Å². The molecule has 0 saturated carbocycles. The average molecular weight is 608 g/mol. The first-order valence-corrected chi connectivity index (χ1v) is 13.1. The predicted octanol–water partition coefficient (Wildman–Crippen LogP) is 6.47. The Kier molecular flexibility index (Phi) is 22.3. The third-order valence-electron chi connectivity index (χ3n) is 3.57. The summed E-state index contributed by atoms with van der Waals surface area (Å²) in [6.45, 7) is 12.9. The summed E-state index contributed by atoms with van der Waals surface area (Å²) in [5.74, 6) is 0. The molecule has 2 aromatic carbocycles. The summed E-state index contributed by atoms with van der Waals surface area (Å²) in [7, 11) is 8.98. The number of hydrogen-bond donors (Lipinski definition) is 2. The number of nitrogens with one attached hydrogen (secondary N) is 2. The molecule has 6 heteroatoms. The maximum absolute atomic E-state index is 4.49. The Labute approximate surface area is 202 Å². The molecule has 0 heterocycles. The summed E-state index contributed by atoms with van der Waals surface area (Å²) >= 11 is 4.44. The van der Waals surface area contributed by atoms with Crippen LogP contribution < -0.4 is 10.6 Å². The molecule has 2 aromatic rings. The molecule has 0 aliphatic rings. The molecule has 0 aliphatic heterocycles. The third kappa shape index (κ3) is 16.1. The molecule has 0 aromatic heterocycles. The average Bonchev–Trinajstić information content (AvgIpc) is 2.72. The van der Waals surface area contributed by atoms with Gasteiger partial charge in [-0.1, -0.05) is 27.7 Å². The van der Waals surface area contributed by atoms with Crippen LogP contribution in [0.5, 0.6) is 0 Å². The van der Waals surface area contributed by atoms with Gasteiger partial charge in [-0.15, -0.1) is 11.1 Å². The monoisotopic (exact) mass is 606 g/mol. The zero-order chi connectivity index (χ0) is 21.9. The molecule has 164 valence electrons. The third-order valence-corrected chi connectivity index (χ3v) is 3.57. The van der Waals surface area contributed by atoms with Gasteiger partial charge < -0.3 is 10.6 Å². The van der Waals surface area contributed by atoms with Gasteiger partial charge in [-0.05, 0) is 13.8 Å². The molecule has 2 rings (SSSR count). The van der Waals surface area contributed by atoms with Gasteiger partial charge in [0, 0.05) is 24.2 Å². The van der Waals surface area contributed by atoms with Crippen molar-refractivity contribution in [2.45, 2.75) is 65.7 Å². The number of rotatable bonds is 6. The van der Waals surface area contributed by atoms with E-state index in [-0.39, 0.29) is 0 Å². The van der Waals surface area contributed by atoms with Crippen LogP contribution in [0.25, 0.3) is 0 Å². The van der Waals surface area contributed by atoms with Crippen LogP contribution in [0, 0.1) is 12.1 Å². The van der Waals surface area contributed by atoms with Crippen molar-refractivity contribution in [1.82, 2.24) is 10.6 Å². The fourth-order valence-electron chi connectivity index (χ4n) is 2.53. The molecule has 0 amide bonds. The van der Waals surface area contributed by atoms with Gasteiger partial charge in [-0.2, -0.15) is 60.7 Å². The molecule has 0 bridgehead atoms. The molecular weight excluding hydrogens is 576 g/mol. The molecule has 0 fully saturated rings. The fraction of sp³-hybridized carbons (Fsp3) is 0.455. The molecule has 0 saturated heterocycles. The van der Waals surface area contributed by atoms with Gasteiger partial charge in [0.1, 0.15) is 0 Å². The van der Waals surface area contributed by atoms with Gasteiger partial charge >= 0.3 is 55.4 Å². The van der Waals surface area contributed by atoms with E-state index in [0.29, 0.717) is 24.2 Å². The normalized spacial score (nSPS) is 11.9. The second-order valence-corrected chi connectivity index (χ2v) is 6.72. The Morgan fingerprint density at radius 2 is 0.964 bits per heavy atom. The van der Waals surface area contributed by atoms with Gasteiger partial charge in [-0.25, -0.2) is 0 Å². The molecule has 0 unspecified atom stereocenters. The Morgan fingerprint density at radius 1 is 0.643 bits per heavy atom. The Morgan fingerprint density at radius 3 is 1.18 bits per heavy atom. The summed E-state index contributed by atoms with van der Waals surface area (Å²) in [5, 5.41) is 6.86. The topological polar surface area (TPSA) is 24.1 Å². The van der Waals surface area contributed by atoms with Crippen LogP contribution in [0.4, 0.5) is 0 Å². The zero-order valence-electron chi connectivity index (χ0n) is 17.3. The van der Waals surface area contributed by atoms with Gasteiger partial charge in [-0.3, -0.25) is 0 Å². The van der Waals surface area contributed by atoms with E-state index in [2.05, 4.69) is 132 Å². The zero-order valence-corrected chi connectivity index (χ0v) is 21.9. The van der Waals surface area contributed by atoms with Crippen molar-refractivity contribution in [3.63, 3.8) is 0 Å². The van der Waals surface area contributed by atoms with Crippen molar-refractivity contribution in [2.24, 2.45) is 0 Å². The second kappa shape index (κ2) is 20.5. The van der Waals surface area contributed by atoms with Gasteiger partial charge in [0.15, 0.2) is 0 Å². The Balaban J connectivity index is 0. The van der Waals surface area contributed by atoms with Crippen molar-refractivity contribution in [1.29, 1.82) is 0 Å². The van der Waals surface area contributed by atoms with Crippen molar-refractivity contribution < 1.29 is 36.4 Å². The number of halogens is 2. The molecule has 0 aliphatic carbocycles. The van der Waals surface area contributed by atoms with E-state index < -0.39 is 0 Å². The Hall–Kier alpha value is 0.265. The molecule has 2 nitrogen and oxygen atoms in total.